The number of amides is 1. The topological polar surface area (TPSA) is 70.6 Å². The minimum atomic E-state index is -4.42. The molecular weight excluding hydrogens is 337 g/mol. The van der Waals surface area contributed by atoms with Crippen molar-refractivity contribution in [1.82, 2.24) is 10.6 Å². The molecule has 130 valence electrons. The van der Waals surface area contributed by atoms with E-state index in [1.807, 2.05) is 0 Å². The van der Waals surface area contributed by atoms with Gasteiger partial charge >= 0.3 is 6.18 Å². The van der Waals surface area contributed by atoms with Crippen molar-refractivity contribution in [1.29, 1.82) is 0 Å². The molecular formula is C14H18ClF3N2O3. The Hall–Kier alpha value is -1.51. The number of aliphatic hydroxyl groups excluding tert-OH is 1. The lowest BCUT2D eigenvalue weighted by Crippen LogP contribution is -2.40. The number of para-hydroxylation sites is 1. The van der Waals surface area contributed by atoms with E-state index < -0.39 is 24.9 Å². The Labute approximate surface area is 137 Å². The van der Waals surface area contributed by atoms with Crippen LogP contribution in [-0.2, 0) is 11.3 Å². The van der Waals surface area contributed by atoms with Crippen LogP contribution in [0, 0.1) is 0 Å². The molecule has 0 bridgehead atoms. The summed E-state index contributed by atoms with van der Waals surface area (Å²) in [6.45, 7) is -0.973. The molecule has 3 N–H and O–H groups in total. The van der Waals surface area contributed by atoms with E-state index in [-0.39, 0.29) is 30.6 Å². The van der Waals surface area contributed by atoms with E-state index in [4.69, 9.17) is 4.74 Å². The fraction of sp³-hybridized carbons (Fsp3) is 0.500. The molecule has 1 aromatic carbocycles. The van der Waals surface area contributed by atoms with Crippen LogP contribution < -0.4 is 15.4 Å². The third-order valence-electron chi connectivity index (χ3n) is 3.24. The fourth-order valence-corrected chi connectivity index (χ4v) is 2.17. The highest BCUT2D eigenvalue weighted by Crippen LogP contribution is 2.22. The quantitative estimate of drug-likeness (QED) is 0.747. The van der Waals surface area contributed by atoms with E-state index in [1.165, 1.54) is 6.07 Å². The van der Waals surface area contributed by atoms with Crippen molar-refractivity contribution in [3.8, 4) is 5.75 Å². The zero-order valence-corrected chi connectivity index (χ0v) is 12.9. The molecule has 5 nitrogen and oxygen atoms in total. The van der Waals surface area contributed by atoms with Crippen molar-refractivity contribution in [3.63, 3.8) is 0 Å². The van der Waals surface area contributed by atoms with Crippen LogP contribution in [0.4, 0.5) is 13.2 Å². The number of carbonyl (C=O) groups is 1. The molecule has 0 radical (unpaired) electrons. The van der Waals surface area contributed by atoms with Gasteiger partial charge in [-0.1, -0.05) is 18.2 Å². The zero-order valence-electron chi connectivity index (χ0n) is 12.1. The number of hydrogen-bond acceptors (Lipinski definition) is 4. The van der Waals surface area contributed by atoms with Gasteiger partial charge in [-0.05, 0) is 12.5 Å². The molecule has 0 aromatic heterocycles. The summed E-state index contributed by atoms with van der Waals surface area (Å²) in [4.78, 5) is 11.9. The van der Waals surface area contributed by atoms with E-state index in [0.29, 0.717) is 18.5 Å². The highest BCUT2D eigenvalue weighted by atomic mass is 35.5. The number of β-amino-alcohol motifs (C(OH)–C–C–N with tert-alkyl or cyclic N) is 1. The van der Waals surface area contributed by atoms with Crippen molar-refractivity contribution in [2.75, 3.05) is 13.2 Å². The summed E-state index contributed by atoms with van der Waals surface area (Å²) in [5.74, 6) is -0.221. The molecule has 23 heavy (non-hydrogen) atoms. The number of halogens is 4. The number of hydrogen-bond donors (Lipinski definition) is 3. The molecule has 1 aliphatic heterocycles. The van der Waals surface area contributed by atoms with Crippen LogP contribution in [-0.4, -0.2) is 42.5 Å². The highest BCUT2D eigenvalue weighted by Gasteiger charge is 2.29. The van der Waals surface area contributed by atoms with Gasteiger partial charge in [0, 0.05) is 18.7 Å². The van der Waals surface area contributed by atoms with Crippen LogP contribution in [0.1, 0.15) is 12.0 Å². The molecule has 0 aliphatic carbocycles. The summed E-state index contributed by atoms with van der Waals surface area (Å²) in [6, 6.07) is 5.73. The average molecular weight is 355 g/mol. The van der Waals surface area contributed by atoms with Gasteiger partial charge in [-0.2, -0.15) is 13.2 Å². The van der Waals surface area contributed by atoms with Gasteiger partial charge in [0.05, 0.1) is 12.1 Å². The van der Waals surface area contributed by atoms with Gasteiger partial charge in [0.15, 0.2) is 6.61 Å². The van der Waals surface area contributed by atoms with Gasteiger partial charge in [0.25, 0.3) is 0 Å². The number of benzene rings is 1. The fourth-order valence-electron chi connectivity index (χ4n) is 2.17. The molecule has 1 aromatic rings. The zero-order chi connectivity index (χ0) is 16.2. The molecule has 2 unspecified atom stereocenters. The van der Waals surface area contributed by atoms with Gasteiger partial charge in [-0.25, -0.2) is 0 Å². The minimum Gasteiger partial charge on any atom is -0.484 e. The maximum atomic E-state index is 12.2. The second-order valence-electron chi connectivity index (χ2n) is 5.08. The Morgan fingerprint density at radius 1 is 1.39 bits per heavy atom. The summed E-state index contributed by atoms with van der Waals surface area (Å²) in [6.07, 6.45) is -4.66. The van der Waals surface area contributed by atoms with E-state index in [1.54, 1.807) is 18.2 Å². The predicted molar refractivity (Wildman–Crippen MR) is 79.5 cm³/mol. The predicted octanol–water partition coefficient (Wildman–Crippen LogP) is 1.39. The lowest BCUT2D eigenvalue weighted by Gasteiger charge is -2.15. The first-order valence-electron chi connectivity index (χ1n) is 6.82. The van der Waals surface area contributed by atoms with Crippen molar-refractivity contribution in [2.45, 2.75) is 31.3 Å². The largest absolute Gasteiger partial charge is 0.484 e. The van der Waals surface area contributed by atoms with Gasteiger partial charge in [0.1, 0.15) is 5.75 Å². The third kappa shape index (κ3) is 6.25. The summed E-state index contributed by atoms with van der Waals surface area (Å²) < 4.78 is 41.3. The Bertz CT molecular complexity index is 528. The van der Waals surface area contributed by atoms with Crippen LogP contribution in [0.2, 0.25) is 0 Å². The standard InChI is InChI=1S/C14H17F3N2O3.ClH/c15-14(16,17)8-22-12-4-2-1-3-9(12)6-19-13(21)11-5-10(20)7-18-11;/h1-4,10-11,18,20H,5-8H2,(H,19,21);1H. The number of alkyl halides is 3. The SMILES string of the molecule is Cl.O=C(NCc1ccccc1OCC(F)(F)F)C1CC(O)CN1. The van der Waals surface area contributed by atoms with Crippen LogP contribution in [0.3, 0.4) is 0 Å². The molecule has 1 fully saturated rings. The van der Waals surface area contributed by atoms with Crippen molar-refractivity contribution in [2.24, 2.45) is 0 Å². The van der Waals surface area contributed by atoms with E-state index in [2.05, 4.69) is 10.6 Å². The third-order valence-corrected chi connectivity index (χ3v) is 3.24. The number of aliphatic hydroxyl groups is 1. The van der Waals surface area contributed by atoms with E-state index in [0.717, 1.165) is 0 Å². The van der Waals surface area contributed by atoms with Crippen molar-refractivity contribution < 1.29 is 27.8 Å². The summed E-state index contributed by atoms with van der Waals surface area (Å²) in [5.41, 5.74) is 0.457. The monoisotopic (exact) mass is 354 g/mol. The van der Waals surface area contributed by atoms with Gasteiger partial charge in [-0.15, -0.1) is 12.4 Å². The second-order valence-corrected chi connectivity index (χ2v) is 5.08. The van der Waals surface area contributed by atoms with E-state index in [9.17, 15) is 23.1 Å². The summed E-state index contributed by atoms with van der Waals surface area (Å²) in [7, 11) is 0. The average Bonchev–Trinajstić information content (AvgIpc) is 2.89. The Balaban J connectivity index is 0.00000264. The molecule has 1 heterocycles. The van der Waals surface area contributed by atoms with Gasteiger partial charge < -0.3 is 20.5 Å². The lowest BCUT2D eigenvalue weighted by atomic mass is 10.1. The molecule has 1 saturated heterocycles. The van der Waals surface area contributed by atoms with Crippen molar-refractivity contribution in [3.05, 3.63) is 29.8 Å². The summed E-state index contributed by atoms with van der Waals surface area (Å²) >= 11 is 0. The number of nitrogens with one attached hydrogen (secondary N) is 2. The first-order chi connectivity index (χ1) is 10.3. The smallest absolute Gasteiger partial charge is 0.422 e. The number of carbonyl (C=O) groups excluding carboxylic acids is 1. The van der Waals surface area contributed by atoms with E-state index >= 15 is 0 Å². The molecule has 2 atom stereocenters. The Morgan fingerprint density at radius 2 is 2.09 bits per heavy atom. The molecule has 0 saturated carbocycles. The Kier molecular flexibility index (Phi) is 7.11. The molecule has 1 aliphatic rings. The number of rotatable bonds is 5. The molecule has 0 spiro atoms. The van der Waals surface area contributed by atoms with Crippen LogP contribution in [0.5, 0.6) is 5.75 Å². The van der Waals surface area contributed by atoms with Crippen LogP contribution in [0.15, 0.2) is 24.3 Å². The number of ether oxygens (including phenoxy) is 1. The molecule has 9 heteroatoms. The maximum Gasteiger partial charge on any atom is 0.422 e. The second kappa shape index (κ2) is 8.37. The maximum absolute atomic E-state index is 12.2. The van der Waals surface area contributed by atoms with Gasteiger partial charge in [0.2, 0.25) is 5.91 Å². The lowest BCUT2D eigenvalue weighted by molar-refractivity contribution is -0.153. The Morgan fingerprint density at radius 3 is 2.70 bits per heavy atom. The first kappa shape index (κ1) is 19.5. The first-order valence-corrected chi connectivity index (χ1v) is 6.82. The van der Waals surface area contributed by atoms with Crippen LogP contribution in [0.25, 0.3) is 0 Å². The highest BCUT2D eigenvalue weighted by molar-refractivity contribution is 5.85. The summed E-state index contributed by atoms with van der Waals surface area (Å²) in [5, 5.41) is 14.8. The minimum absolute atomic E-state index is 0. The normalized spacial score (nSPS) is 20.7. The van der Waals surface area contributed by atoms with Crippen LogP contribution >= 0.6 is 12.4 Å². The van der Waals surface area contributed by atoms with Crippen molar-refractivity contribution >= 4 is 18.3 Å². The van der Waals surface area contributed by atoms with Gasteiger partial charge in [-0.3, -0.25) is 4.79 Å². The molecule has 1 amide bonds. The molecule has 2 rings (SSSR count).